The molecule has 1 saturated heterocycles. The van der Waals surface area contributed by atoms with Gasteiger partial charge in [0.05, 0.1) is 36.8 Å². The molecule has 1 aliphatic rings. The Labute approximate surface area is 228 Å². The second kappa shape index (κ2) is 12.5. The maximum absolute atomic E-state index is 12.9. The van der Waals surface area contributed by atoms with E-state index in [0.29, 0.717) is 18.8 Å². The van der Waals surface area contributed by atoms with Crippen molar-refractivity contribution in [2.75, 3.05) is 19.8 Å². The molecular formula is C27H34N6O5S. The largest absolute Gasteiger partial charge is 0.369 e. The standard InChI is InChI=1S/C27H34N6O5S/c1-19(2)26(30-39(36,37)23-11-9-20(3)10-12-23)27(35)28-13-14-32-15-22(29-31-32)16-33-24(17-38-18-25(33)34)21-7-5-4-6-8-21/h4-12,15,19,24,26,30H,13-14,16-18H2,1-3H3,(H,28,35)/t24-,26-/m0/s1. The number of aryl methyl sites for hydroxylation is 1. The Morgan fingerprint density at radius 3 is 2.54 bits per heavy atom. The van der Waals surface area contributed by atoms with E-state index in [9.17, 15) is 18.0 Å². The molecular weight excluding hydrogens is 520 g/mol. The van der Waals surface area contributed by atoms with Crippen LogP contribution < -0.4 is 10.0 Å². The van der Waals surface area contributed by atoms with Crippen LogP contribution in [-0.2, 0) is 37.4 Å². The van der Waals surface area contributed by atoms with Crippen molar-refractivity contribution in [3.05, 3.63) is 77.6 Å². The maximum atomic E-state index is 12.9. The van der Waals surface area contributed by atoms with Gasteiger partial charge in [-0.1, -0.05) is 67.1 Å². The lowest BCUT2D eigenvalue weighted by atomic mass is 10.0. The van der Waals surface area contributed by atoms with E-state index in [0.717, 1.165) is 11.1 Å². The van der Waals surface area contributed by atoms with Crippen LogP contribution in [0.1, 0.15) is 36.7 Å². The van der Waals surface area contributed by atoms with Crippen molar-refractivity contribution in [2.24, 2.45) is 5.92 Å². The topological polar surface area (TPSA) is 136 Å². The molecule has 4 rings (SSSR count). The minimum Gasteiger partial charge on any atom is -0.369 e. The Hall–Kier alpha value is -3.61. The fourth-order valence-electron chi connectivity index (χ4n) is 4.30. The molecule has 0 spiro atoms. The third-order valence-corrected chi connectivity index (χ3v) is 7.96. The number of aromatic nitrogens is 3. The molecule has 208 valence electrons. The molecule has 1 aromatic heterocycles. The summed E-state index contributed by atoms with van der Waals surface area (Å²) in [5.74, 6) is -0.817. The minimum absolute atomic E-state index is 0.0220. The van der Waals surface area contributed by atoms with Gasteiger partial charge < -0.3 is 15.0 Å². The number of nitrogens with one attached hydrogen (secondary N) is 2. The van der Waals surface area contributed by atoms with Crippen LogP contribution in [0.15, 0.2) is 65.7 Å². The van der Waals surface area contributed by atoms with Crippen LogP contribution in [0.25, 0.3) is 0 Å². The first kappa shape index (κ1) is 28.4. The summed E-state index contributed by atoms with van der Waals surface area (Å²) in [5, 5.41) is 11.1. The molecule has 39 heavy (non-hydrogen) atoms. The smallest absolute Gasteiger partial charge is 0.249 e. The number of rotatable bonds is 11. The first-order chi connectivity index (χ1) is 18.6. The fraction of sp³-hybridized carbons (Fsp3) is 0.407. The van der Waals surface area contributed by atoms with E-state index in [1.165, 1.54) is 12.1 Å². The summed E-state index contributed by atoms with van der Waals surface area (Å²) in [6.07, 6.45) is 1.73. The third kappa shape index (κ3) is 7.28. The van der Waals surface area contributed by atoms with E-state index in [4.69, 9.17) is 4.74 Å². The quantitative estimate of drug-likeness (QED) is 0.369. The average molecular weight is 555 g/mol. The number of carbonyl (C=O) groups is 2. The van der Waals surface area contributed by atoms with Crippen molar-refractivity contribution < 1.29 is 22.7 Å². The first-order valence-corrected chi connectivity index (χ1v) is 14.3. The van der Waals surface area contributed by atoms with Crippen LogP contribution in [0, 0.1) is 12.8 Å². The number of nitrogens with zero attached hydrogens (tertiary/aromatic N) is 4. The molecule has 0 bridgehead atoms. The van der Waals surface area contributed by atoms with Crippen molar-refractivity contribution in [2.45, 2.75) is 50.8 Å². The zero-order valence-electron chi connectivity index (χ0n) is 22.3. The molecule has 0 radical (unpaired) electrons. The van der Waals surface area contributed by atoms with E-state index >= 15 is 0 Å². The Bertz CT molecular complexity index is 1380. The summed E-state index contributed by atoms with van der Waals surface area (Å²) >= 11 is 0. The number of amides is 2. The highest BCUT2D eigenvalue weighted by Crippen LogP contribution is 2.26. The highest BCUT2D eigenvalue weighted by Gasteiger charge is 2.31. The lowest BCUT2D eigenvalue weighted by molar-refractivity contribution is -0.149. The molecule has 12 heteroatoms. The van der Waals surface area contributed by atoms with Gasteiger partial charge in [0.25, 0.3) is 0 Å². The molecule has 0 saturated carbocycles. The van der Waals surface area contributed by atoms with Crippen molar-refractivity contribution in [1.29, 1.82) is 0 Å². The number of hydrogen-bond acceptors (Lipinski definition) is 7. The lowest BCUT2D eigenvalue weighted by Crippen LogP contribution is -2.50. The van der Waals surface area contributed by atoms with Crippen LogP contribution in [0.2, 0.25) is 0 Å². The Morgan fingerprint density at radius 1 is 1.13 bits per heavy atom. The van der Waals surface area contributed by atoms with Crippen molar-refractivity contribution in [3.8, 4) is 0 Å². The van der Waals surface area contributed by atoms with Gasteiger partial charge in [-0.2, -0.15) is 4.72 Å². The molecule has 3 aromatic rings. The number of hydrogen-bond donors (Lipinski definition) is 2. The van der Waals surface area contributed by atoms with Gasteiger partial charge in [0.15, 0.2) is 0 Å². The predicted octanol–water partition coefficient (Wildman–Crippen LogP) is 1.81. The van der Waals surface area contributed by atoms with Gasteiger partial charge in [-0.25, -0.2) is 8.42 Å². The van der Waals surface area contributed by atoms with E-state index in [2.05, 4.69) is 20.4 Å². The van der Waals surface area contributed by atoms with E-state index in [1.54, 1.807) is 41.8 Å². The lowest BCUT2D eigenvalue weighted by Gasteiger charge is -2.35. The number of ether oxygens (including phenoxy) is 1. The Kier molecular flexibility index (Phi) is 9.10. The molecule has 2 atom stereocenters. The zero-order valence-corrected chi connectivity index (χ0v) is 23.1. The molecule has 2 heterocycles. The molecule has 2 N–H and O–H groups in total. The molecule has 2 amide bonds. The van der Waals surface area contributed by atoms with Gasteiger partial charge >= 0.3 is 0 Å². The second-order valence-corrected chi connectivity index (χ2v) is 11.6. The summed E-state index contributed by atoms with van der Waals surface area (Å²) in [6.45, 7) is 6.69. The van der Waals surface area contributed by atoms with Crippen molar-refractivity contribution in [3.63, 3.8) is 0 Å². The molecule has 0 aliphatic carbocycles. The van der Waals surface area contributed by atoms with Crippen LogP contribution >= 0.6 is 0 Å². The van der Waals surface area contributed by atoms with Crippen LogP contribution in [0.5, 0.6) is 0 Å². The summed E-state index contributed by atoms with van der Waals surface area (Å²) in [7, 11) is -3.86. The number of benzene rings is 2. The summed E-state index contributed by atoms with van der Waals surface area (Å²) < 4.78 is 35.2. The van der Waals surface area contributed by atoms with Gasteiger partial charge in [0.2, 0.25) is 21.8 Å². The SMILES string of the molecule is Cc1ccc(S(=O)(=O)N[C@H](C(=O)NCCn2cc(CN3C(=O)COC[C@H]3c3ccccc3)nn2)C(C)C)cc1. The average Bonchev–Trinajstić information content (AvgIpc) is 3.36. The highest BCUT2D eigenvalue weighted by molar-refractivity contribution is 7.89. The monoisotopic (exact) mass is 554 g/mol. The number of carbonyl (C=O) groups excluding carboxylic acids is 2. The van der Waals surface area contributed by atoms with Crippen LogP contribution in [0.3, 0.4) is 0 Å². The first-order valence-electron chi connectivity index (χ1n) is 12.8. The van der Waals surface area contributed by atoms with E-state index in [-0.39, 0.29) is 42.5 Å². The number of sulfonamides is 1. The van der Waals surface area contributed by atoms with Gasteiger partial charge in [-0.05, 0) is 30.5 Å². The normalized spacial score (nSPS) is 16.9. The highest BCUT2D eigenvalue weighted by atomic mass is 32.2. The van der Waals surface area contributed by atoms with Crippen molar-refractivity contribution in [1.82, 2.24) is 29.9 Å². The molecule has 11 nitrogen and oxygen atoms in total. The van der Waals surface area contributed by atoms with E-state index in [1.807, 2.05) is 37.3 Å². The predicted molar refractivity (Wildman–Crippen MR) is 144 cm³/mol. The van der Waals surface area contributed by atoms with E-state index < -0.39 is 22.0 Å². The van der Waals surface area contributed by atoms with Crippen molar-refractivity contribution >= 4 is 21.8 Å². The van der Waals surface area contributed by atoms with Gasteiger partial charge in [0, 0.05) is 6.54 Å². The summed E-state index contributed by atoms with van der Waals surface area (Å²) in [5.41, 5.74) is 2.54. The fourth-order valence-corrected chi connectivity index (χ4v) is 5.64. The molecule has 2 aromatic carbocycles. The van der Waals surface area contributed by atoms with Crippen LogP contribution in [0.4, 0.5) is 0 Å². The van der Waals surface area contributed by atoms with Gasteiger partial charge in [0.1, 0.15) is 18.3 Å². The minimum atomic E-state index is -3.86. The summed E-state index contributed by atoms with van der Waals surface area (Å²) in [6, 6.07) is 15.0. The summed E-state index contributed by atoms with van der Waals surface area (Å²) in [4.78, 5) is 27.3. The van der Waals surface area contributed by atoms with Gasteiger partial charge in [-0.15, -0.1) is 5.10 Å². The Balaban J connectivity index is 1.33. The second-order valence-electron chi connectivity index (χ2n) is 9.88. The third-order valence-electron chi connectivity index (χ3n) is 6.50. The van der Waals surface area contributed by atoms with Crippen LogP contribution in [-0.4, -0.2) is 65.9 Å². The maximum Gasteiger partial charge on any atom is 0.249 e. The number of morpholine rings is 1. The van der Waals surface area contributed by atoms with Gasteiger partial charge in [-0.3, -0.25) is 14.3 Å². The molecule has 0 unspecified atom stereocenters. The zero-order chi connectivity index (χ0) is 28.0. The Morgan fingerprint density at radius 2 is 1.85 bits per heavy atom. The molecule has 1 aliphatic heterocycles. The molecule has 1 fully saturated rings.